The van der Waals surface area contributed by atoms with Crippen molar-refractivity contribution in [2.24, 2.45) is 4.99 Å². The van der Waals surface area contributed by atoms with E-state index in [1.165, 1.54) is 7.11 Å². The average molecular weight is 267 g/mol. The first-order valence-corrected chi connectivity index (χ1v) is 6.49. The van der Waals surface area contributed by atoms with Crippen molar-refractivity contribution in [3.8, 4) is 0 Å². The maximum atomic E-state index is 11.8. The highest BCUT2D eigenvalue weighted by Gasteiger charge is 2.17. The van der Waals surface area contributed by atoms with Crippen LogP contribution in [0, 0.1) is 0 Å². The van der Waals surface area contributed by atoms with Crippen LogP contribution in [0.15, 0.2) is 65.7 Å². The lowest BCUT2D eigenvalue weighted by Crippen LogP contribution is -2.23. The van der Waals surface area contributed by atoms with E-state index >= 15 is 0 Å². The Balaban J connectivity index is 2.12. The first kappa shape index (κ1) is 14.0. The van der Waals surface area contributed by atoms with Crippen molar-refractivity contribution in [1.29, 1.82) is 0 Å². The number of hydrogen-bond donors (Lipinski definition) is 0. The summed E-state index contributed by atoms with van der Waals surface area (Å²) >= 11 is 0. The van der Waals surface area contributed by atoms with Crippen LogP contribution in [0.3, 0.4) is 0 Å². The fraction of sp³-hybridized carbons (Fsp3) is 0.176. The second kappa shape index (κ2) is 7.24. The number of methoxy groups -OCH3 is 1. The summed E-state index contributed by atoms with van der Waals surface area (Å²) in [4.78, 5) is 16.2. The molecule has 2 rings (SSSR count). The van der Waals surface area contributed by atoms with Crippen LogP contribution < -0.4 is 0 Å². The van der Waals surface area contributed by atoms with Gasteiger partial charge in [0.1, 0.15) is 0 Å². The van der Waals surface area contributed by atoms with Crippen LogP contribution in [0.2, 0.25) is 0 Å². The number of aliphatic imine (C=N–C) groups is 1. The van der Waals surface area contributed by atoms with Gasteiger partial charge in [0.05, 0.1) is 7.11 Å². The molecular formula is C17H17NO2. The Morgan fingerprint density at radius 3 is 2.30 bits per heavy atom. The van der Waals surface area contributed by atoms with Gasteiger partial charge in [-0.3, -0.25) is 4.99 Å². The molecule has 102 valence electrons. The number of hydrogen-bond acceptors (Lipinski definition) is 3. The molecule has 0 unspecified atom stereocenters. The molecule has 20 heavy (non-hydrogen) atoms. The number of benzene rings is 2. The van der Waals surface area contributed by atoms with Crippen LogP contribution in [-0.4, -0.2) is 25.3 Å². The van der Waals surface area contributed by atoms with Gasteiger partial charge in [-0.1, -0.05) is 60.7 Å². The molecule has 0 bridgehead atoms. The Kier molecular flexibility index (Phi) is 5.07. The molecule has 0 N–H and O–H groups in total. The first-order valence-electron chi connectivity index (χ1n) is 6.49. The molecule has 0 amide bonds. The van der Waals surface area contributed by atoms with Crippen molar-refractivity contribution in [3.05, 3.63) is 71.8 Å². The highest BCUT2D eigenvalue weighted by Crippen LogP contribution is 2.08. The molecule has 0 radical (unpaired) electrons. The number of carbonyl (C=O) groups is 1. The maximum Gasteiger partial charge on any atom is 0.330 e. The summed E-state index contributed by atoms with van der Waals surface area (Å²) in [6.45, 7) is 0. The van der Waals surface area contributed by atoms with Gasteiger partial charge in [-0.15, -0.1) is 0 Å². The lowest BCUT2D eigenvalue weighted by molar-refractivity contribution is -0.142. The van der Waals surface area contributed by atoms with Crippen molar-refractivity contribution in [2.75, 3.05) is 7.11 Å². The number of rotatable bonds is 5. The van der Waals surface area contributed by atoms with E-state index in [9.17, 15) is 4.79 Å². The zero-order chi connectivity index (χ0) is 14.2. The van der Waals surface area contributed by atoms with Crippen LogP contribution in [0.5, 0.6) is 0 Å². The zero-order valence-corrected chi connectivity index (χ0v) is 11.4. The monoisotopic (exact) mass is 267 g/mol. The normalized spacial score (nSPS) is 12.2. The van der Waals surface area contributed by atoms with Crippen molar-refractivity contribution in [1.82, 2.24) is 0 Å². The number of ether oxygens (including phenoxy) is 1. The number of carbonyl (C=O) groups excluding carboxylic acids is 1. The van der Waals surface area contributed by atoms with Crippen molar-refractivity contribution < 1.29 is 9.53 Å². The lowest BCUT2D eigenvalue weighted by atomic mass is 10.1. The molecule has 3 nitrogen and oxygen atoms in total. The minimum absolute atomic E-state index is 0.318. The molecule has 0 heterocycles. The van der Waals surface area contributed by atoms with E-state index in [0.29, 0.717) is 6.42 Å². The van der Waals surface area contributed by atoms with E-state index in [1.54, 1.807) is 6.21 Å². The third-order valence-electron chi connectivity index (χ3n) is 2.95. The van der Waals surface area contributed by atoms with Gasteiger partial charge in [-0.05, 0) is 11.1 Å². The molecule has 0 saturated carbocycles. The van der Waals surface area contributed by atoms with Crippen LogP contribution in [0.25, 0.3) is 0 Å². The predicted molar refractivity (Wildman–Crippen MR) is 80.0 cm³/mol. The van der Waals surface area contributed by atoms with E-state index in [-0.39, 0.29) is 5.97 Å². The third kappa shape index (κ3) is 4.05. The van der Waals surface area contributed by atoms with Gasteiger partial charge in [0, 0.05) is 12.6 Å². The first-order chi connectivity index (χ1) is 9.79. The lowest BCUT2D eigenvalue weighted by Gasteiger charge is -2.10. The molecule has 1 atom stereocenters. The topological polar surface area (TPSA) is 38.7 Å². The molecule has 0 spiro atoms. The van der Waals surface area contributed by atoms with E-state index in [1.807, 2.05) is 60.7 Å². The van der Waals surface area contributed by atoms with Crippen molar-refractivity contribution in [2.45, 2.75) is 12.5 Å². The summed E-state index contributed by atoms with van der Waals surface area (Å²) in [7, 11) is 1.39. The molecule has 0 aliphatic carbocycles. The summed E-state index contributed by atoms with van der Waals surface area (Å²) < 4.78 is 4.82. The Labute approximate surface area is 118 Å². The molecule has 0 fully saturated rings. The van der Waals surface area contributed by atoms with Gasteiger partial charge < -0.3 is 4.74 Å². The highest BCUT2D eigenvalue weighted by molar-refractivity contribution is 5.84. The van der Waals surface area contributed by atoms with Gasteiger partial charge in [-0.2, -0.15) is 0 Å². The van der Waals surface area contributed by atoms with E-state index in [4.69, 9.17) is 4.74 Å². The fourth-order valence-corrected chi connectivity index (χ4v) is 1.89. The minimum Gasteiger partial charge on any atom is -0.467 e. The summed E-state index contributed by atoms with van der Waals surface area (Å²) in [5, 5.41) is 0. The van der Waals surface area contributed by atoms with Gasteiger partial charge in [-0.25, -0.2) is 4.79 Å². The third-order valence-corrected chi connectivity index (χ3v) is 2.95. The molecule has 2 aromatic carbocycles. The minimum atomic E-state index is -0.511. The van der Waals surface area contributed by atoms with Gasteiger partial charge in [0.2, 0.25) is 0 Å². The van der Waals surface area contributed by atoms with Crippen LogP contribution >= 0.6 is 0 Å². The molecular weight excluding hydrogens is 250 g/mol. The molecule has 3 heteroatoms. The molecule has 0 saturated heterocycles. The van der Waals surface area contributed by atoms with Crippen LogP contribution in [0.4, 0.5) is 0 Å². The summed E-state index contributed by atoms with van der Waals surface area (Å²) in [6, 6.07) is 19.0. The van der Waals surface area contributed by atoms with Gasteiger partial charge in [0.15, 0.2) is 6.04 Å². The average Bonchev–Trinajstić information content (AvgIpc) is 2.52. The van der Waals surface area contributed by atoms with Crippen molar-refractivity contribution >= 4 is 12.2 Å². The maximum absolute atomic E-state index is 11.8. The quantitative estimate of drug-likeness (QED) is 0.617. The van der Waals surface area contributed by atoms with E-state index in [0.717, 1.165) is 11.1 Å². The zero-order valence-electron chi connectivity index (χ0n) is 11.4. The fourth-order valence-electron chi connectivity index (χ4n) is 1.89. The molecule has 2 aromatic rings. The second-order valence-corrected chi connectivity index (χ2v) is 4.42. The van der Waals surface area contributed by atoms with Crippen molar-refractivity contribution in [3.63, 3.8) is 0 Å². The summed E-state index contributed by atoms with van der Waals surface area (Å²) in [5.74, 6) is -0.318. The van der Waals surface area contributed by atoms with E-state index in [2.05, 4.69) is 4.99 Å². The predicted octanol–water partition coefficient (Wildman–Crippen LogP) is 2.89. The second-order valence-electron chi connectivity index (χ2n) is 4.42. The Hall–Kier alpha value is -2.42. The van der Waals surface area contributed by atoms with E-state index < -0.39 is 6.04 Å². The standard InChI is InChI=1S/C17H17NO2/c1-20-17(19)16(12-14-8-4-2-5-9-14)18-13-15-10-6-3-7-11-15/h2-11,13,16H,12H2,1H3/t16-/m1/s1. The van der Waals surface area contributed by atoms with Crippen LogP contribution in [0.1, 0.15) is 11.1 Å². The molecule has 0 aliphatic heterocycles. The Morgan fingerprint density at radius 1 is 1.10 bits per heavy atom. The highest BCUT2D eigenvalue weighted by atomic mass is 16.5. The largest absolute Gasteiger partial charge is 0.467 e. The summed E-state index contributed by atoms with van der Waals surface area (Å²) in [6.07, 6.45) is 2.25. The smallest absolute Gasteiger partial charge is 0.330 e. The molecule has 0 aromatic heterocycles. The number of esters is 1. The van der Waals surface area contributed by atoms with Gasteiger partial charge in [0.25, 0.3) is 0 Å². The number of nitrogens with zero attached hydrogens (tertiary/aromatic N) is 1. The summed E-state index contributed by atoms with van der Waals surface area (Å²) in [5.41, 5.74) is 2.03. The van der Waals surface area contributed by atoms with Crippen LogP contribution in [-0.2, 0) is 16.0 Å². The Morgan fingerprint density at radius 2 is 1.70 bits per heavy atom. The SMILES string of the molecule is COC(=O)[C@@H](Cc1ccccc1)N=Cc1ccccc1. The van der Waals surface area contributed by atoms with Gasteiger partial charge >= 0.3 is 5.97 Å². The Bertz CT molecular complexity index is 564. The molecule has 0 aliphatic rings.